The van der Waals surface area contributed by atoms with E-state index in [2.05, 4.69) is 28.2 Å². The van der Waals surface area contributed by atoms with Gasteiger partial charge < -0.3 is 10.2 Å². The maximum atomic E-state index is 12.4. The number of halogens is 1. The second kappa shape index (κ2) is 10.4. The Balaban J connectivity index is 2.80. The molecule has 0 heterocycles. The number of hydrogen-bond acceptors (Lipinski definition) is 2. The molecule has 0 aliphatic carbocycles. The Morgan fingerprint density at radius 1 is 1.17 bits per heavy atom. The molecule has 1 N–H and O–H groups in total. The number of nitrogens with one attached hydrogen (secondary N) is 1. The summed E-state index contributed by atoms with van der Waals surface area (Å²) < 4.78 is 0.998. The first-order valence-corrected chi connectivity index (χ1v) is 9.10. The van der Waals surface area contributed by atoms with E-state index in [1.165, 1.54) is 0 Å². The predicted octanol–water partition coefficient (Wildman–Crippen LogP) is 3.88. The topological polar surface area (TPSA) is 49.4 Å². The van der Waals surface area contributed by atoms with E-state index in [0.717, 1.165) is 29.3 Å². The fraction of sp³-hybridized carbons (Fsp3) is 0.556. The molecule has 0 unspecified atom stereocenters. The first-order valence-electron chi connectivity index (χ1n) is 8.31. The normalized spacial score (nSPS) is 11.8. The van der Waals surface area contributed by atoms with Gasteiger partial charge in [-0.25, -0.2) is 0 Å². The Morgan fingerprint density at radius 3 is 2.39 bits per heavy atom. The van der Waals surface area contributed by atoms with Gasteiger partial charge in [-0.15, -0.1) is 0 Å². The van der Waals surface area contributed by atoms with Crippen molar-refractivity contribution in [2.24, 2.45) is 0 Å². The fourth-order valence-electron chi connectivity index (χ4n) is 2.26. The lowest BCUT2D eigenvalue weighted by Gasteiger charge is -2.28. The number of hydrogen-bond donors (Lipinski definition) is 1. The van der Waals surface area contributed by atoms with Crippen molar-refractivity contribution in [3.8, 4) is 0 Å². The van der Waals surface area contributed by atoms with Crippen LogP contribution in [0.3, 0.4) is 0 Å². The van der Waals surface area contributed by atoms with Crippen LogP contribution in [0.4, 0.5) is 0 Å². The van der Waals surface area contributed by atoms with Crippen LogP contribution in [0.1, 0.15) is 52.0 Å². The monoisotopic (exact) mass is 382 g/mol. The van der Waals surface area contributed by atoms with E-state index in [9.17, 15) is 9.59 Å². The molecule has 0 fully saturated rings. The van der Waals surface area contributed by atoms with E-state index < -0.39 is 6.04 Å². The third-order valence-electron chi connectivity index (χ3n) is 3.73. The van der Waals surface area contributed by atoms with Crippen LogP contribution in [-0.2, 0) is 16.1 Å². The predicted molar refractivity (Wildman–Crippen MR) is 97.0 cm³/mol. The lowest BCUT2D eigenvalue weighted by molar-refractivity contribution is -0.140. The summed E-state index contributed by atoms with van der Waals surface area (Å²) in [5.74, 6) is -0.0615. The lowest BCUT2D eigenvalue weighted by atomic mass is 10.1. The molecule has 2 amide bonds. The minimum Gasteiger partial charge on any atom is -0.354 e. The highest BCUT2D eigenvalue weighted by Crippen LogP contribution is 2.15. The van der Waals surface area contributed by atoms with Gasteiger partial charge in [0.15, 0.2) is 0 Å². The Bertz CT molecular complexity index is 502. The van der Waals surface area contributed by atoms with Crippen LogP contribution in [-0.4, -0.2) is 29.3 Å². The number of nitrogens with zero attached hydrogens (tertiary/aromatic N) is 1. The fourth-order valence-corrected chi connectivity index (χ4v) is 2.53. The van der Waals surface area contributed by atoms with E-state index in [0.29, 0.717) is 19.5 Å². The summed E-state index contributed by atoms with van der Waals surface area (Å²) in [6, 6.07) is 7.37. The second-order valence-electron chi connectivity index (χ2n) is 5.72. The standard InChI is InChI=1S/C18H27BrN2O2/c1-4-6-12-20-18(23)14(3)21(17(22)7-5-2)13-15-8-10-16(19)11-9-15/h8-11,14H,4-7,12-13H2,1-3H3,(H,20,23)/t14-/m1/s1. The smallest absolute Gasteiger partial charge is 0.242 e. The largest absolute Gasteiger partial charge is 0.354 e. The summed E-state index contributed by atoms with van der Waals surface area (Å²) in [4.78, 5) is 26.4. The van der Waals surface area contributed by atoms with Crippen LogP contribution in [0.2, 0.25) is 0 Å². The molecule has 0 saturated carbocycles. The molecule has 5 heteroatoms. The molecule has 0 aromatic heterocycles. The van der Waals surface area contributed by atoms with Gasteiger partial charge in [-0.05, 0) is 37.5 Å². The number of carbonyl (C=O) groups is 2. The van der Waals surface area contributed by atoms with Gasteiger partial charge in [-0.2, -0.15) is 0 Å². The highest BCUT2D eigenvalue weighted by atomic mass is 79.9. The molecule has 0 bridgehead atoms. The molecule has 128 valence electrons. The third-order valence-corrected chi connectivity index (χ3v) is 4.26. The van der Waals surface area contributed by atoms with Gasteiger partial charge in [0, 0.05) is 24.0 Å². The highest BCUT2D eigenvalue weighted by molar-refractivity contribution is 9.10. The van der Waals surface area contributed by atoms with Crippen molar-refractivity contribution in [2.75, 3.05) is 6.54 Å². The van der Waals surface area contributed by atoms with Crippen molar-refractivity contribution >= 4 is 27.7 Å². The number of unbranched alkanes of at least 4 members (excludes halogenated alkanes) is 1. The minimum absolute atomic E-state index is 0.0218. The zero-order chi connectivity index (χ0) is 17.2. The molecule has 1 aromatic rings. The first kappa shape index (κ1) is 19.7. The molecular weight excluding hydrogens is 356 g/mol. The summed E-state index contributed by atoms with van der Waals surface area (Å²) in [5.41, 5.74) is 1.02. The highest BCUT2D eigenvalue weighted by Gasteiger charge is 2.25. The van der Waals surface area contributed by atoms with E-state index in [-0.39, 0.29) is 11.8 Å². The molecule has 1 aromatic carbocycles. The second-order valence-corrected chi connectivity index (χ2v) is 6.63. The van der Waals surface area contributed by atoms with Crippen molar-refractivity contribution in [3.63, 3.8) is 0 Å². The quantitative estimate of drug-likeness (QED) is 0.658. The van der Waals surface area contributed by atoms with Gasteiger partial charge in [0.05, 0.1) is 0 Å². The Kier molecular flexibility index (Phi) is 8.92. The average molecular weight is 383 g/mol. The lowest BCUT2D eigenvalue weighted by Crippen LogP contribution is -2.47. The number of benzene rings is 1. The number of rotatable bonds is 9. The van der Waals surface area contributed by atoms with Crippen molar-refractivity contribution < 1.29 is 9.59 Å². The minimum atomic E-state index is -0.463. The Morgan fingerprint density at radius 2 is 1.83 bits per heavy atom. The molecule has 4 nitrogen and oxygen atoms in total. The maximum Gasteiger partial charge on any atom is 0.242 e. The molecule has 0 saturated heterocycles. The summed E-state index contributed by atoms with van der Waals surface area (Å²) in [7, 11) is 0. The zero-order valence-electron chi connectivity index (χ0n) is 14.3. The SMILES string of the molecule is CCCCNC(=O)[C@@H](C)N(Cc1ccc(Br)cc1)C(=O)CCC. The van der Waals surface area contributed by atoms with E-state index >= 15 is 0 Å². The summed E-state index contributed by atoms with van der Waals surface area (Å²) >= 11 is 3.41. The first-order chi connectivity index (χ1) is 11.0. The Hall–Kier alpha value is -1.36. The molecule has 1 atom stereocenters. The van der Waals surface area contributed by atoms with E-state index in [1.54, 1.807) is 11.8 Å². The number of amides is 2. The van der Waals surface area contributed by atoms with Crippen LogP contribution >= 0.6 is 15.9 Å². The maximum absolute atomic E-state index is 12.4. The molecule has 23 heavy (non-hydrogen) atoms. The average Bonchev–Trinajstić information content (AvgIpc) is 2.54. The van der Waals surface area contributed by atoms with Crippen molar-refractivity contribution in [2.45, 2.75) is 59.0 Å². The van der Waals surface area contributed by atoms with E-state index in [4.69, 9.17) is 0 Å². The van der Waals surface area contributed by atoms with Crippen LogP contribution < -0.4 is 5.32 Å². The van der Waals surface area contributed by atoms with Crippen LogP contribution in [0.15, 0.2) is 28.7 Å². The van der Waals surface area contributed by atoms with Crippen LogP contribution in [0, 0.1) is 0 Å². The zero-order valence-corrected chi connectivity index (χ0v) is 15.9. The van der Waals surface area contributed by atoms with Crippen LogP contribution in [0.5, 0.6) is 0 Å². The van der Waals surface area contributed by atoms with Gasteiger partial charge in [-0.3, -0.25) is 9.59 Å². The van der Waals surface area contributed by atoms with Crippen LogP contribution in [0.25, 0.3) is 0 Å². The number of carbonyl (C=O) groups excluding carboxylic acids is 2. The molecule has 0 aliphatic rings. The van der Waals surface area contributed by atoms with E-state index in [1.807, 2.05) is 31.2 Å². The van der Waals surface area contributed by atoms with Gasteiger partial charge in [0.25, 0.3) is 0 Å². The summed E-state index contributed by atoms with van der Waals surface area (Å²) in [6.45, 7) is 6.97. The molecule has 0 spiro atoms. The van der Waals surface area contributed by atoms with Gasteiger partial charge in [0.1, 0.15) is 6.04 Å². The van der Waals surface area contributed by atoms with Crippen molar-refractivity contribution in [1.29, 1.82) is 0 Å². The van der Waals surface area contributed by atoms with Crippen molar-refractivity contribution in [3.05, 3.63) is 34.3 Å². The molecule has 0 radical (unpaired) electrons. The van der Waals surface area contributed by atoms with Crippen molar-refractivity contribution in [1.82, 2.24) is 10.2 Å². The molecule has 1 rings (SSSR count). The third kappa shape index (κ3) is 6.73. The van der Waals surface area contributed by atoms with Gasteiger partial charge >= 0.3 is 0 Å². The summed E-state index contributed by atoms with van der Waals surface area (Å²) in [5, 5.41) is 2.92. The molecule has 0 aliphatic heterocycles. The molecular formula is C18H27BrN2O2. The Labute approximate surface area is 147 Å². The van der Waals surface area contributed by atoms with Gasteiger partial charge in [-0.1, -0.05) is 48.3 Å². The van der Waals surface area contributed by atoms with Gasteiger partial charge in [0.2, 0.25) is 11.8 Å². The summed E-state index contributed by atoms with van der Waals surface area (Å²) in [6.07, 6.45) is 3.23.